The van der Waals surface area contributed by atoms with E-state index in [0.29, 0.717) is 6.42 Å². The molecule has 0 aliphatic heterocycles. The van der Waals surface area contributed by atoms with Crippen molar-refractivity contribution < 1.29 is 9.22 Å². The summed E-state index contributed by atoms with van der Waals surface area (Å²) < 4.78 is 6.64. The molecule has 0 spiro atoms. The van der Waals surface area contributed by atoms with Gasteiger partial charge >= 0.3 is 0 Å². The van der Waals surface area contributed by atoms with Gasteiger partial charge in [0.25, 0.3) is 0 Å². The second-order valence-corrected chi connectivity index (χ2v) is 12.4. The van der Waals surface area contributed by atoms with Gasteiger partial charge in [-0.15, -0.1) is 6.58 Å². The molecule has 0 fully saturated rings. The molecule has 0 N–H and O–H groups in total. The van der Waals surface area contributed by atoms with Crippen LogP contribution in [0.15, 0.2) is 36.5 Å². The first-order chi connectivity index (χ1) is 10.2. The van der Waals surface area contributed by atoms with Crippen LogP contribution >= 0.6 is 0 Å². The van der Waals surface area contributed by atoms with Gasteiger partial charge in [-0.2, -0.15) is 0 Å². The third-order valence-electron chi connectivity index (χ3n) is 4.74. The molecular formula is C19H32O2Si. The van der Waals surface area contributed by atoms with E-state index in [-0.39, 0.29) is 16.9 Å². The van der Waals surface area contributed by atoms with Crippen LogP contribution in [0, 0.1) is 0 Å². The van der Waals surface area contributed by atoms with Gasteiger partial charge in [0.05, 0.1) is 6.10 Å². The highest BCUT2D eigenvalue weighted by Crippen LogP contribution is 2.39. The van der Waals surface area contributed by atoms with E-state index in [4.69, 9.17) is 4.43 Å². The van der Waals surface area contributed by atoms with Crippen molar-refractivity contribution in [2.75, 3.05) is 0 Å². The summed E-state index contributed by atoms with van der Waals surface area (Å²) in [4.78, 5) is 11.4. The van der Waals surface area contributed by atoms with Gasteiger partial charge in [0, 0.05) is 6.42 Å². The maximum Gasteiger partial charge on any atom is 0.192 e. The summed E-state index contributed by atoms with van der Waals surface area (Å²) in [7, 11) is -1.82. The smallest absolute Gasteiger partial charge is 0.192 e. The summed E-state index contributed by atoms with van der Waals surface area (Å²) in [6.07, 6.45) is 12.7. The lowest BCUT2D eigenvalue weighted by Crippen LogP contribution is -2.44. The Bertz CT molecular complexity index is 453. The largest absolute Gasteiger partial charge is 0.410 e. The van der Waals surface area contributed by atoms with Gasteiger partial charge in [-0.3, -0.25) is 4.79 Å². The Kier molecular flexibility index (Phi) is 7.01. The first-order valence-electron chi connectivity index (χ1n) is 8.37. The molecule has 0 bridgehead atoms. The van der Waals surface area contributed by atoms with Crippen LogP contribution in [-0.4, -0.2) is 20.2 Å². The van der Waals surface area contributed by atoms with Gasteiger partial charge in [-0.05, 0) is 49.0 Å². The van der Waals surface area contributed by atoms with Crippen molar-refractivity contribution in [1.29, 1.82) is 0 Å². The second-order valence-electron chi connectivity index (χ2n) is 7.65. The molecule has 2 nitrogen and oxygen atoms in total. The van der Waals surface area contributed by atoms with E-state index in [2.05, 4.69) is 40.4 Å². The molecule has 124 valence electrons. The molecule has 1 rings (SSSR count). The van der Waals surface area contributed by atoms with Crippen molar-refractivity contribution in [2.45, 2.75) is 77.1 Å². The van der Waals surface area contributed by atoms with Gasteiger partial charge in [0.1, 0.15) is 0 Å². The molecule has 1 aliphatic carbocycles. The molecule has 3 heteroatoms. The third-order valence-corrected chi connectivity index (χ3v) is 9.23. The van der Waals surface area contributed by atoms with Crippen LogP contribution < -0.4 is 0 Å². The van der Waals surface area contributed by atoms with E-state index < -0.39 is 8.32 Å². The van der Waals surface area contributed by atoms with E-state index in [0.717, 1.165) is 25.7 Å². The normalized spacial score (nSPS) is 17.3. The van der Waals surface area contributed by atoms with Gasteiger partial charge in [0.2, 0.25) is 0 Å². The molecule has 0 aromatic rings. The number of allylic oxidation sites excluding steroid dienone is 3. The number of ketones is 1. The lowest BCUT2D eigenvalue weighted by Gasteiger charge is -2.40. The Morgan fingerprint density at radius 1 is 1.32 bits per heavy atom. The Balaban J connectivity index is 2.80. The van der Waals surface area contributed by atoms with Gasteiger partial charge in [-0.1, -0.05) is 45.4 Å². The van der Waals surface area contributed by atoms with Crippen LogP contribution in [0.5, 0.6) is 0 Å². The summed E-state index contributed by atoms with van der Waals surface area (Å²) in [5, 5.41) is 0.196. The maximum absolute atomic E-state index is 11.4. The van der Waals surface area contributed by atoms with Crippen LogP contribution in [0.25, 0.3) is 0 Å². The van der Waals surface area contributed by atoms with Gasteiger partial charge < -0.3 is 4.43 Å². The summed E-state index contributed by atoms with van der Waals surface area (Å²) in [5.41, 5.74) is 1.18. The molecule has 0 aromatic carbocycles. The van der Waals surface area contributed by atoms with E-state index >= 15 is 0 Å². The highest BCUT2D eigenvalue weighted by atomic mass is 28.4. The Morgan fingerprint density at radius 2 is 2.00 bits per heavy atom. The second kappa shape index (κ2) is 8.07. The minimum Gasteiger partial charge on any atom is -0.410 e. The number of unbranched alkanes of at least 4 members (excludes halogenated alkanes) is 2. The maximum atomic E-state index is 11.4. The highest BCUT2D eigenvalue weighted by Gasteiger charge is 2.39. The predicted octanol–water partition coefficient (Wildman–Crippen LogP) is 5.58. The Hall–Kier alpha value is -0.933. The Morgan fingerprint density at radius 3 is 2.50 bits per heavy atom. The molecular weight excluding hydrogens is 288 g/mol. The average Bonchev–Trinajstić information content (AvgIpc) is 2.42. The van der Waals surface area contributed by atoms with Crippen LogP contribution in [0.4, 0.5) is 0 Å². The van der Waals surface area contributed by atoms with Crippen molar-refractivity contribution in [2.24, 2.45) is 0 Å². The van der Waals surface area contributed by atoms with Crippen LogP contribution in [-0.2, 0) is 9.22 Å². The van der Waals surface area contributed by atoms with Gasteiger partial charge in [0.15, 0.2) is 14.1 Å². The molecule has 0 saturated carbocycles. The fourth-order valence-corrected chi connectivity index (χ4v) is 3.55. The number of carbonyl (C=O) groups excluding carboxylic acids is 1. The summed E-state index contributed by atoms with van der Waals surface area (Å²) >= 11 is 0. The topological polar surface area (TPSA) is 26.3 Å². The lowest BCUT2D eigenvalue weighted by molar-refractivity contribution is -0.113. The standard InChI is InChI=1S/C19H32O2Si/c1-7-8-9-10-11-18(16-12-14-17(20)15-13-16)21-22(5,6)19(2,3)4/h7,12-14,18H,1,8-11,15H2,2-6H3. The minimum atomic E-state index is -1.82. The van der Waals surface area contributed by atoms with E-state index in [1.54, 1.807) is 6.08 Å². The highest BCUT2D eigenvalue weighted by molar-refractivity contribution is 6.74. The third kappa shape index (κ3) is 5.69. The number of rotatable bonds is 8. The summed E-state index contributed by atoms with van der Waals surface area (Å²) in [5.74, 6) is 0.182. The van der Waals surface area contributed by atoms with Crippen molar-refractivity contribution in [3.05, 3.63) is 36.5 Å². The van der Waals surface area contributed by atoms with Crippen molar-refractivity contribution >= 4 is 14.1 Å². The van der Waals surface area contributed by atoms with E-state index in [1.807, 2.05) is 18.2 Å². The molecule has 1 unspecified atom stereocenters. The minimum absolute atomic E-state index is 0.120. The first-order valence-corrected chi connectivity index (χ1v) is 11.3. The van der Waals surface area contributed by atoms with E-state index in [1.165, 1.54) is 5.57 Å². The van der Waals surface area contributed by atoms with Crippen LogP contribution in [0.1, 0.15) is 52.9 Å². The average molecular weight is 321 g/mol. The zero-order valence-electron chi connectivity index (χ0n) is 14.9. The first kappa shape index (κ1) is 19.1. The quantitative estimate of drug-likeness (QED) is 0.331. The molecule has 22 heavy (non-hydrogen) atoms. The van der Waals surface area contributed by atoms with Crippen molar-refractivity contribution in [3.8, 4) is 0 Å². The lowest BCUT2D eigenvalue weighted by atomic mass is 9.97. The SMILES string of the molecule is C=CCCCCC(O[Si](C)(C)C(C)(C)C)C1=CCC(=O)C=C1. The zero-order valence-corrected chi connectivity index (χ0v) is 15.9. The van der Waals surface area contributed by atoms with Crippen LogP contribution in [0.3, 0.4) is 0 Å². The molecule has 0 aromatic heterocycles. The monoisotopic (exact) mass is 320 g/mol. The fraction of sp³-hybridized carbons (Fsp3) is 0.632. The predicted molar refractivity (Wildman–Crippen MR) is 97.6 cm³/mol. The molecule has 1 atom stereocenters. The van der Waals surface area contributed by atoms with E-state index in [9.17, 15) is 4.79 Å². The molecule has 0 amide bonds. The van der Waals surface area contributed by atoms with Gasteiger partial charge in [-0.25, -0.2) is 0 Å². The number of carbonyl (C=O) groups is 1. The number of hydrogen-bond donors (Lipinski definition) is 0. The molecule has 1 aliphatic rings. The zero-order chi connectivity index (χ0) is 16.8. The Labute approximate surface area is 137 Å². The summed E-state index contributed by atoms with van der Waals surface area (Å²) in [6, 6.07) is 0. The van der Waals surface area contributed by atoms with Crippen molar-refractivity contribution in [3.63, 3.8) is 0 Å². The fourth-order valence-electron chi connectivity index (χ4n) is 2.23. The van der Waals surface area contributed by atoms with Crippen molar-refractivity contribution in [1.82, 2.24) is 0 Å². The summed E-state index contributed by atoms with van der Waals surface area (Å²) in [6.45, 7) is 15.2. The molecule has 0 radical (unpaired) electrons. The number of hydrogen-bond acceptors (Lipinski definition) is 2. The van der Waals surface area contributed by atoms with Crippen LogP contribution in [0.2, 0.25) is 18.1 Å². The molecule has 0 heterocycles. The molecule has 0 saturated heterocycles.